The minimum Gasteiger partial charge on any atom is -0.481 e. The molecule has 40 heavy (non-hydrogen) atoms. The number of carboxylic acid groups (broad SMARTS) is 1. The van der Waals surface area contributed by atoms with E-state index in [4.69, 9.17) is 4.74 Å². The molecule has 1 saturated carbocycles. The first-order chi connectivity index (χ1) is 19.0. The van der Waals surface area contributed by atoms with Crippen molar-refractivity contribution >= 4 is 34.8 Å². The van der Waals surface area contributed by atoms with E-state index in [0.717, 1.165) is 22.8 Å². The number of aromatic nitrogens is 1. The van der Waals surface area contributed by atoms with Crippen molar-refractivity contribution in [1.82, 2.24) is 10.3 Å². The number of carbonyl (C=O) groups is 4. The molecule has 8 nitrogen and oxygen atoms in total. The molecular formula is C32H38N2O6. The summed E-state index contributed by atoms with van der Waals surface area (Å²) in [5.74, 6) is -2.63. The molecule has 212 valence electrons. The molecule has 2 saturated heterocycles. The molecule has 2 aliphatic heterocycles. The highest BCUT2D eigenvalue weighted by molar-refractivity contribution is 6.09. The summed E-state index contributed by atoms with van der Waals surface area (Å²) in [6.45, 7) is 7.88. The number of amides is 1. The fourth-order valence-corrected chi connectivity index (χ4v) is 7.48. The van der Waals surface area contributed by atoms with Crippen LogP contribution in [0.25, 0.3) is 10.9 Å². The Morgan fingerprint density at radius 2 is 1.98 bits per heavy atom. The Morgan fingerprint density at radius 1 is 1.23 bits per heavy atom. The summed E-state index contributed by atoms with van der Waals surface area (Å²) in [6.07, 6.45) is 8.93. The summed E-state index contributed by atoms with van der Waals surface area (Å²) >= 11 is 0. The second-order valence-corrected chi connectivity index (χ2v) is 12.1. The number of allylic oxidation sites excluding steroid dienone is 3. The second kappa shape index (κ2) is 10.5. The minimum absolute atomic E-state index is 0.0944. The lowest BCUT2D eigenvalue weighted by molar-refractivity contribution is -0.150. The van der Waals surface area contributed by atoms with Gasteiger partial charge < -0.3 is 20.1 Å². The molecule has 8 heteroatoms. The van der Waals surface area contributed by atoms with Crippen LogP contribution in [0.5, 0.6) is 0 Å². The summed E-state index contributed by atoms with van der Waals surface area (Å²) < 4.78 is 6.30. The van der Waals surface area contributed by atoms with Crippen LogP contribution in [-0.2, 0) is 30.3 Å². The number of ketones is 1. The quantitative estimate of drug-likeness (QED) is 0.126. The number of aromatic amines is 1. The summed E-state index contributed by atoms with van der Waals surface area (Å²) in [5, 5.41) is 13.7. The number of aldehydes is 1. The standard InChI is InChI=1S/C32H38N2O6/c1-18(14-19(2)17-35)8-7-10-23-29-31(4,40-29)20(3)28-25(15-21-16-33-24-11-6-5-9-22(21)24)34-30(39)32(23,28)26(36)12-13-27(37)38/h5-7,9-11,14,16-18,20,23,25,28-29,33H,8,12-13,15H2,1-4H3,(H,34,39)(H,37,38)/b10-7+,19-14+/t18-,20-,23-,25-,28-,29-,31+,32+/m0/s1. The van der Waals surface area contributed by atoms with Crippen LogP contribution < -0.4 is 5.32 Å². The molecule has 3 fully saturated rings. The smallest absolute Gasteiger partial charge is 0.303 e. The molecule has 3 N–H and O–H groups in total. The maximum absolute atomic E-state index is 14.1. The van der Waals surface area contributed by atoms with Crippen LogP contribution >= 0.6 is 0 Å². The van der Waals surface area contributed by atoms with E-state index in [1.807, 2.05) is 55.6 Å². The lowest BCUT2D eigenvalue weighted by Gasteiger charge is -2.46. The second-order valence-electron chi connectivity index (χ2n) is 12.1. The SMILES string of the molecule is C/C(C=O)=C\[C@@H](C)C/C=C/[C@H]1[C@@H]2O[C@]2(C)[C@@H](C)[C@H]2[C@H](Cc3c[nH]c4ccccc34)NC(=O)[C@]21C(=O)CCC(=O)O. The van der Waals surface area contributed by atoms with Gasteiger partial charge in [0.15, 0.2) is 0 Å². The van der Waals surface area contributed by atoms with Crippen molar-refractivity contribution in [2.24, 2.45) is 29.1 Å². The highest BCUT2D eigenvalue weighted by atomic mass is 16.6. The van der Waals surface area contributed by atoms with Gasteiger partial charge in [0, 0.05) is 41.4 Å². The summed E-state index contributed by atoms with van der Waals surface area (Å²) in [7, 11) is 0. The van der Waals surface area contributed by atoms with Crippen LogP contribution in [0.15, 0.2) is 54.3 Å². The Morgan fingerprint density at radius 3 is 2.70 bits per heavy atom. The molecule has 1 aromatic heterocycles. The number of Topliss-reactive ketones (excluding diaryl/α,β-unsaturated/α-hetero) is 1. The Balaban J connectivity index is 1.54. The first kappa shape index (κ1) is 28.0. The van der Waals surface area contributed by atoms with Crippen LogP contribution in [0.4, 0.5) is 0 Å². The van der Waals surface area contributed by atoms with Crippen molar-refractivity contribution in [3.63, 3.8) is 0 Å². The van der Waals surface area contributed by atoms with E-state index in [1.165, 1.54) is 0 Å². The van der Waals surface area contributed by atoms with E-state index in [-0.39, 0.29) is 54.4 Å². The van der Waals surface area contributed by atoms with Crippen molar-refractivity contribution < 1.29 is 29.0 Å². The van der Waals surface area contributed by atoms with Crippen LogP contribution in [-0.4, -0.2) is 51.8 Å². The third-order valence-corrected chi connectivity index (χ3v) is 9.56. The zero-order chi connectivity index (χ0) is 28.8. The molecule has 5 rings (SSSR count). The normalized spacial score (nSPS) is 33.9. The first-order valence-corrected chi connectivity index (χ1v) is 14.1. The van der Waals surface area contributed by atoms with Crippen LogP contribution in [0, 0.1) is 29.1 Å². The van der Waals surface area contributed by atoms with E-state index in [1.54, 1.807) is 6.92 Å². The van der Waals surface area contributed by atoms with E-state index >= 15 is 0 Å². The van der Waals surface area contributed by atoms with Crippen molar-refractivity contribution in [2.75, 3.05) is 0 Å². The van der Waals surface area contributed by atoms with Gasteiger partial charge in [-0.05, 0) is 55.7 Å². The lowest BCUT2D eigenvalue weighted by atomic mass is 9.51. The molecule has 3 heterocycles. The first-order valence-electron chi connectivity index (χ1n) is 14.1. The van der Waals surface area contributed by atoms with E-state index in [0.29, 0.717) is 18.4 Å². The highest BCUT2D eigenvalue weighted by Gasteiger charge is 2.78. The topological polar surface area (TPSA) is 129 Å². The fourth-order valence-electron chi connectivity index (χ4n) is 7.48. The third kappa shape index (κ3) is 4.52. The molecule has 3 aliphatic rings. The van der Waals surface area contributed by atoms with Crippen LogP contribution in [0.3, 0.4) is 0 Å². The third-order valence-electron chi connectivity index (χ3n) is 9.56. The minimum atomic E-state index is -1.42. The average Bonchev–Trinajstić information content (AvgIpc) is 3.32. The molecule has 1 amide bonds. The molecule has 0 spiro atoms. The monoisotopic (exact) mass is 546 g/mol. The highest BCUT2D eigenvalue weighted by Crippen LogP contribution is 2.66. The molecule has 1 aromatic carbocycles. The van der Waals surface area contributed by atoms with Crippen LogP contribution in [0.1, 0.15) is 52.5 Å². The predicted molar refractivity (Wildman–Crippen MR) is 150 cm³/mol. The number of carbonyl (C=O) groups excluding carboxylic acids is 3. The van der Waals surface area contributed by atoms with Gasteiger partial charge in [-0.25, -0.2) is 0 Å². The summed E-state index contributed by atoms with van der Waals surface area (Å²) in [4.78, 5) is 54.0. The molecular weight excluding hydrogens is 508 g/mol. The van der Waals surface area contributed by atoms with Gasteiger partial charge >= 0.3 is 5.97 Å². The summed E-state index contributed by atoms with van der Waals surface area (Å²) in [5.41, 5.74) is 0.820. The largest absolute Gasteiger partial charge is 0.481 e. The molecule has 0 radical (unpaired) electrons. The maximum atomic E-state index is 14.1. The summed E-state index contributed by atoms with van der Waals surface area (Å²) in [6, 6.07) is 7.68. The van der Waals surface area contributed by atoms with E-state index < -0.39 is 22.9 Å². The maximum Gasteiger partial charge on any atom is 0.303 e. The van der Waals surface area contributed by atoms with Crippen molar-refractivity contribution in [1.29, 1.82) is 0 Å². The lowest BCUT2D eigenvalue weighted by Crippen LogP contribution is -2.58. The number of hydrogen-bond acceptors (Lipinski definition) is 5. The Bertz CT molecular complexity index is 1410. The molecule has 8 atom stereocenters. The predicted octanol–water partition coefficient (Wildman–Crippen LogP) is 4.40. The van der Waals surface area contributed by atoms with Crippen molar-refractivity contribution in [3.8, 4) is 0 Å². The van der Waals surface area contributed by atoms with Gasteiger partial charge in [-0.2, -0.15) is 0 Å². The fraction of sp³-hybridized carbons (Fsp3) is 0.500. The molecule has 1 aliphatic carbocycles. The van der Waals surface area contributed by atoms with Gasteiger partial charge in [-0.3, -0.25) is 19.2 Å². The van der Waals surface area contributed by atoms with Crippen LogP contribution in [0.2, 0.25) is 0 Å². The average molecular weight is 547 g/mol. The van der Waals surface area contributed by atoms with Crippen molar-refractivity contribution in [3.05, 3.63) is 59.8 Å². The molecule has 0 unspecified atom stereocenters. The van der Waals surface area contributed by atoms with Gasteiger partial charge in [0.2, 0.25) is 5.91 Å². The number of ether oxygens (including phenoxy) is 1. The zero-order valence-electron chi connectivity index (χ0n) is 23.5. The Kier molecular flexibility index (Phi) is 7.33. The number of aliphatic carboxylic acids is 1. The number of rotatable bonds is 11. The Hall–Kier alpha value is -3.52. The number of fused-ring (bicyclic) bond motifs is 3. The van der Waals surface area contributed by atoms with E-state index in [2.05, 4.69) is 24.1 Å². The number of nitrogens with one attached hydrogen (secondary N) is 2. The number of hydrogen-bond donors (Lipinski definition) is 3. The van der Waals surface area contributed by atoms with Gasteiger partial charge in [0.1, 0.15) is 17.5 Å². The zero-order valence-corrected chi connectivity index (χ0v) is 23.5. The van der Waals surface area contributed by atoms with Gasteiger partial charge in [-0.15, -0.1) is 0 Å². The van der Waals surface area contributed by atoms with Gasteiger partial charge in [0.25, 0.3) is 0 Å². The number of epoxide rings is 1. The molecule has 0 bridgehead atoms. The van der Waals surface area contributed by atoms with Gasteiger partial charge in [0.05, 0.1) is 18.1 Å². The Labute approximate surface area is 234 Å². The number of carboxylic acids is 1. The number of para-hydroxylation sites is 1. The van der Waals surface area contributed by atoms with Gasteiger partial charge in [-0.1, -0.05) is 50.3 Å². The van der Waals surface area contributed by atoms with E-state index in [9.17, 15) is 24.3 Å². The molecule has 2 aromatic rings. The number of H-pyrrole nitrogens is 1. The number of benzene rings is 1. The van der Waals surface area contributed by atoms with Crippen molar-refractivity contribution in [2.45, 2.75) is 71.1 Å².